The molecule has 1 aromatic heterocycles. The number of fused-ring (bicyclic) bond motifs is 1. The zero-order chi connectivity index (χ0) is 18.8. The fourth-order valence-electron chi connectivity index (χ4n) is 4.31. The van der Waals surface area contributed by atoms with Crippen molar-refractivity contribution in [2.45, 2.75) is 50.8 Å². The van der Waals surface area contributed by atoms with Gasteiger partial charge in [-0.3, -0.25) is 4.79 Å². The first kappa shape index (κ1) is 18.0. The number of carboxylic acid groups (broad SMARTS) is 1. The Hall–Kier alpha value is -2.41. The first-order valence-corrected chi connectivity index (χ1v) is 10.2. The van der Waals surface area contributed by atoms with E-state index in [1.807, 2.05) is 5.38 Å². The molecule has 1 saturated heterocycles. The van der Waals surface area contributed by atoms with E-state index in [2.05, 4.69) is 4.98 Å². The van der Waals surface area contributed by atoms with Crippen molar-refractivity contribution in [2.75, 3.05) is 0 Å². The second-order valence-electron chi connectivity index (χ2n) is 7.21. The minimum absolute atomic E-state index is 0.0342. The van der Waals surface area contributed by atoms with Crippen LogP contribution in [-0.4, -0.2) is 39.0 Å². The van der Waals surface area contributed by atoms with Gasteiger partial charge in [-0.15, -0.1) is 11.3 Å². The van der Waals surface area contributed by atoms with Crippen LogP contribution in [0.4, 0.5) is 0 Å². The lowest BCUT2D eigenvalue weighted by atomic mass is 9.84. The topological polar surface area (TPSA) is 79.7 Å². The maximum atomic E-state index is 13.2. The first-order valence-electron chi connectivity index (χ1n) is 9.29. The number of carbonyl (C=O) groups excluding carboxylic acids is 1. The molecule has 0 spiro atoms. The largest absolute Gasteiger partial charge is 0.487 e. The summed E-state index contributed by atoms with van der Waals surface area (Å²) in [5, 5.41) is 11.6. The molecule has 2 aliphatic rings. The molecule has 142 valence electrons. The number of hydrogen-bond acceptors (Lipinski definition) is 5. The van der Waals surface area contributed by atoms with E-state index in [4.69, 9.17) is 4.74 Å². The van der Waals surface area contributed by atoms with Crippen molar-refractivity contribution < 1.29 is 19.4 Å². The van der Waals surface area contributed by atoms with Gasteiger partial charge in [0.1, 0.15) is 18.4 Å². The molecule has 1 aliphatic carbocycles. The summed E-state index contributed by atoms with van der Waals surface area (Å²) in [4.78, 5) is 30.8. The normalized spacial score (nSPS) is 24.4. The highest BCUT2D eigenvalue weighted by atomic mass is 32.1. The summed E-state index contributed by atoms with van der Waals surface area (Å²) < 4.78 is 5.74. The Bertz CT molecular complexity index is 823. The molecule has 1 saturated carbocycles. The van der Waals surface area contributed by atoms with E-state index in [9.17, 15) is 14.7 Å². The molecule has 3 atom stereocenters. The Labute approximate surface area is 161 Å². The molecule has 27 heavy (non-hydrogen) atoms. The fourth-order valence-corrected chi connectivity index (χ4v) is 4.85. The highest BCUT2D eigenvalue weighted by Gasteiger charge is 2.47. The molecule has 1 amide bonds. The van der Waals surface area contributed by atoms with Crippen LogP contribution in [0, 0.1) is 5.92 Å². The lowest BCUT2D eigenvalue weighted by Crippen LogP contribution is -2.46. The van der Waals surface area contributed by atoms with Gasteiger partial charge in [0, 0.05) is 17.0 Å². The van der Waals surface area contributed by atoms with Crippen molar-refractivity contribution in [2.24, 2.45) is 5.92 Å². The molecule has 0 bridgehead atoms. The van der Waals surface area contributed by atoms with E-state index in [1.54, 1.807) is 34.7 Å². The fraction of sp³-hybridized carbons (Fsp3) is 0.450. The van der Waals surface area contributed by atoms with Gasteiger partial charge in [0.25, 0.3) is 5.91 Å². The number of nitrogens with zero attached hydrogens (tertiary/aromatic N) is 2. The predicted octanol–water partition coefficient (Wildman–Crippen LogP) is 3.58. The highest BCUT2D eigenvalue weighted by Crippen LogP contribution is 2.40. The number of carboxylic acids is 1. The van der Waals surface area contributed by atoms with E-state index in [-0.39, 0.29) is 11.9 Å². The minimum Gasteiger partial charge on any atom is -0.487 e. The third-order valence-corrected chi connectivity index (χ3v) is 6.19. The zero-order valence-electron chi connectivity index (χ0n) is 14.9. The number of hydrogen-bond donors (Lipinski definition) is 1. The molecule has 1 aromatic carbocycles. The Balaban J connectivity index is 1.53. The Kier molecular flexibility index (Phi) is 5.11. The molecule has 7 heteroatoms. The number of aliphatic carboxylic acids is 1. The number of thiazole rings is 1. The van der Waals surface area contributed by atoms with E-state index in [0.717, 1.165) is 31.4 Å². The average Bonchev–Trinajstić information content (AvgIpc) is 3.33. The zero-order valence-corrected chi connectivity index (χ0v) is 15.7. The van der Waals surface area contributed by atoms with Crippen LogP contribution in [0.25, 0.3) is 0 Å². The van der Waals surface area contributed by atoms with Crippen LogP contribution in [0.1, 0.15) is 48.2 Å². The van der Waals surface area contributed by atoms with Gasteiger partial charge in [-0.05, 0) is 43.4 Å². The van der Waals surface area contributed by atoms with Crippen molar-refractivity contribution in [3.05, 3.63) is 46.4 Å². The summed E-state index contributed by atoms with van der Waals surface area (Å²) in [5.74, 6) is -0.238. The molecule has 1 N–H and O–H groups in total. The van der Waals surface area contributed by atoms with Gasteiger partial charge in [-0.1, -0.05) is 18.9 Å². The third-order valence-electron chi connectivity index (χ3n) is 5.56. The summed E-state index contributed by atoms with van der Waals surface area (Å²) >= 11 is 1.51. The SMILES string of the molecule is O=C(O)[C@@H]1C[C@@H]2CCCC[C@@H]2N1C(=O)c1cccc(OCc2cscn2)c1. The average molecular weight is 386 g/mol. The van der Waals surface area contributed by atoms with Gasteiger partial charge < -0.3 is 14.7 Å². The Morgan fingerprint density at radius 3 is 2.93 bits per heavy atom. The third kappa shape index (κ3) is 3.69. The smallest absolute Gasteiger partial charge is 0.326 e. The molecule has 6 nitrogen and oxygen atoms in total. The highest BCUT2D eigenvalue weighted by molar-refractivity contribution is 7.07. The summed E-state index contributed by atoms with van der Waals surface area (Å²) in [6, 6.07) is 6.30. The number of rotatable bonds is 5. The van der Waals surface area contributed by atoms with Crippen LogP contribution in [-0.2, 0) is 11.4 Å². The summed E-state index contributed by atoms with van der Waals surface area (Å²) in [6.07, 6.45) is 4.63. The van der Waals surface area contributed by atoms with Crippen molar-refractivity contribution >= 4 is 23.2 Å². The number of carbonyl (C=O) groups is 2. The first-order chi connectivity index (χ1) is 13.1. The number of amides is 1. The van der Waals surface area contributed by atoms with Crippen LogP contribution in [0.2, 0.25) is 0 Å². The lowest BCUT2D eigenvalue weighted by molar-refractivity contribution is -0.141. The molecular formula is C20H22N2O4S. The Morgan fingerprint density at radius 2 is 2.15 bits per heavy atom. The van der Waals surface area contributed by atoms with Crippen LogP contribution < -0.4 is 4.74 Å². The van der Waals surface area contributed by atoms with Crippen molar-refractivity contribution in [1.29, 1.82) is 0 Å². The van der Waals surface area contributed by atoms with Gasteiger partial charge in [-0.25, -0.2) is 9.78 Å². The van der Waals surface area contributed by atoms with E-state index >= 15 is 0 Å². The van der Waals surface area contributed by atoms with Gasteiger partial charge in [0.2, 0.25) is 0 Å². The van der Waals surface area contributed by atoms with E-state index in [1.165, 1.54) is 11.3 Å². The summed E-state index contributed by atoms with van der Waals surface area (Å²) in [5.41, 5.74) is 3.06. The molecule has 0 unspecified atom stereocenters. The molecule has 2 aromatic rings. The molecule has 2 heterocycles. The maximum absolute atomic E-state index is 13.2. The van der Waals surface area contributed by atoms with Gasteiger partial charge in [0.15, 0.2) is 0 Å². The quantitative estimate of drug-likeness (QED) is 0.850. The number of aromatic nitrogens is 1. The molecule has 2 fully saturated rings. The molecular weight excluding hydrogens is 364 g/mol. The van der Waals surface area contributed by atoms with Crippen LogP contribution >= 0.6 is 11.3 Å². The second kappa shape index (κ2) is 7.68. The molecule has 0 radical (unpaired) electrons. The van der Waals surface area contributed by atoms with Crippen molar-refractivity contribution in [1.82, 2.24) is 9.88 Å². The van der Waals surface area contributed by atoms with Crippen molar-refractivity contribution in [3.63, 3.8) is 0 Å². The monoisotopic (exact) mass is 386 g/mol. The maximum Gasteiger partial charge on any atom is 0.326 e. The van der Waals surface area contributed by atoms with E-state index < -0.39 is 12.0 Å². The Morgan fingerprint density at radius 1 is 1.30 bits per heavy atom. The van der Waals surface area contributed by atoms with Crippen molar-refractivity contribution in [3.8, 4) is 5.75 Å². The standard InChI is InChI=1S/C20H22N2O4S/c23-19(22-17-7-2-1-4-13(17)9-18(22)20(24)25)14-5-3-6-16(8-14)26-10-15-11-27-12-21-15/h3,5-6,8,11-13,17-18H,1-2,4,7,9-10H2,(H,24,25)/t13-,17-,18-/m0/s1. The van der Waals surface area contributed by atoms with Gasteiger partial charge >= 0.3 is 5.97 Å². The van der Waals surface area contributed by atoms with Crippen LogP contribution in [0.5, 0.6) is 5.75 Å². The van der Waals surface area contributed by atoms with Gasteiger partial charge in [0.05, 0.1) is 11.2 Å². The van der Waals surface area contributed by atoms with Crippen LogP contribution in [0.3, 0.4) is 0 Å². The van der Waals surface area contributed by atoms with Crippen LogP contribution in [0.15, 0.2) is 35.2 Å². The lowest BCUT2D eigenvalue weighted by Gasteiger charge is -2.33. The van der Waals surface area contributed by atoms with E-state index in [0.29, 0.717) is 30.3 Å². The van der Waals surface area contributed by atoms with Gasteiger partial charge in [-0.2, -0.15) is 0 Å². The number of ether oxygens (including phenoxy) is 1. The molecule has 4 rings (SSSR count). The second-order valence-corrected chi connectivity index (χ2v) is 7.93. The predicted molar refractivity (Wildman–Crippen MR) is 101 cm³/mol. The summed E-state index contributed by atoms with van der Waals surface area (Å²) in [7, 11) is 0. The number of likely N-dealkylation sites (tertiary alicyclic amines) is 1. The molecule has 1 aliphatic heterocycles. The number of benzene rings is 1. The minimum atomic E-state index is -0.909. The summed E-state index contributed by atoms with van der Waals surface area (Å²) in [6.45, 7) is 0.341.